The number of aliphatic hydroxyl groups excluding tert-OH is 1. The van der Waals surface area contributed by atoms with Crippen molar-refractivity contribution in [3.05, 3.63) is 22.8 Å². The van der Waals surface area contributed by atoms with E-state index in [0.29, 0.717) is 24.8 Å². The van der Waals surface area contributed by atoms with Gasteiger partial charge in [-0.05, 0) is 50.2 Å². The lowest BCUT2D eigenvalue weighted by molar-refractivity contribution is -0.234. The first-order valence-corrected chi connectivity index (χ1v) is 11.6. The van der Waals surface area contributed by atoms with E-state index >= 15 is 4.39 Å². The van der Waals surface area contributed by atoms with Gasteiger partial charge >= 0.3 is 11.9 Å². The van der Waals surface area contributed by atoms with E-state index in [0.717, 1.165) is 0 Å². The topological polar surface area (TPSA) is 101 Å². The molecular formula is C24H30ClFO6. The molecule has 0 aromatic carbocycles. The Labute approximate surface area is 191 Å². The molecule has 8 heteroatoms. The molecule has 8 atom stereocenters. The second-order valence-electron chi connectivity index (χ2n) is 10.4. The number of ether oxygens (including phenoxy) is 1. The van der Waals surface area contributed by atoms with Crippen molar-refractivity contribution in [2.24, 2.45) is 28.6 Å². The smallest absolute Gasteiger partial charge is 0.349 e. The van der Waals surface area contributed by atoms with Crippen LogP contribution < -0.4 is 0 Å². The molecular weight excluding hydrogens is 439 g/mol. The van der Waals surface area contributed by atoms with Gasteiger partial charge in [0.25, 0.3) is 0 Å². The summed E-state index contributed by atoms with van der Waals surface area (Å²) in [5.74, 6) is -3.94. The number of ketones is 1. The lowest BCUT2D eigenvalue weighted by Gasteiger charge is -2.62. The maximum Gasteiger partial charge on any atom is 0.349 e. The van der Waals surface area contributed by atoms with E-state index < -0.39 is 57.9 Å². The number of aliphatic hydroxyl groups is 1. The fourth-order valence-electron chi connectivity index (χ4n) is 7.58. The Morgan fingerprint density at radius 3 is 2.56 bits per heavy atom. The quantitative estimate of drug-likeness (QED) is 0.608. The number of carbonyl (C=O) groups is 3. The van der Waals surface area contributed by atoms with E-state index in [1.807, 2.05) is 0 Å². The number of hydrogen-bond acceptors (Lipinski definition) is 5. The Kier molecular flexibility index (Phi) is 5.22. The minimum Gasteiger partial charge on any atom is -0.478 e. The molecule has 0 aliphatic heterocycles. The summed E-state index contributed by atoms with van der Waals surface area (Å²) >= 11 is 6.29. The van der Waals surface area contributed by atoms with Crippen molar-refractivity contribution in [3.63, 3.8) is 0 Å². The maximum atomic E-state index is 17.2. The Balaban J connectivity index is 1.86. The Morgan fingerprint density at radius 2 is 1.97 bits per heavy atom. The molecule has 0 saturated heterocycles. The highest BCUT2D eigenvalue weighted by Crippen LogP contribution is 2.71. The van der Waals surface area contributed by atoms with Crippen molar-refractivity contribution in [2.45, 2.75) is 77.2 Å². The van der Waals surface area contributed by atoms with Gasteiger partial charge in [0, 0.05) is 29.1 Å². The number of carboxylic acid groups (broad SMARTS) is 1. The van der Waals surface area contributed by atoms with Crippen LogP contribution in [0.25, 0.3) is 0 Å². The molecule has 6 nitrogen and oxygen atoms in total. The van der Waals surface area contributed by atoms with Crippen LogP contribution in [-0.4, -0.2) is 45.3 Å². The molecule has 0 unspecified atom stereocenters. The van der Waals surface area contributed by atoms with Crippen molar-refractivity contribution in [2.75, 3.05) is 0 Å². The Hall–Kier alpha value is -1.73. The molecule has 0 spiro atoms. The van der Waals surface area contributed by atoms with Gasteiger partial charge in [0.15, 0.2) is 11.5 Å². The van der Waals surface area contributed by atoms with Gasteiger partial charge in [-0.1, -0.05) is 38.4 Å². The number of halogens is 2. The fourth-order valence-corrected chi connectivity index (χ4v) is 7.93. The molecule has 4 aliphatic rings. The standard InChI is InChI=1S/C24H30ClFO6/c1-5-18(29)32-24(20(30)31)12(2)10-15-13-6-7-14-19(25)16(27)8-9-21(14,3)23(13,26)17(28)11-22(15,24)4/h8-9,12-13,15,17,28H,5-7,10-11H2,1-4H3,(H,30,31)/t12-,13+,15+,17+,21+,22+,23+,24+/m1/s1. The van der Waals surface area contributed by atoms with Gasteiger partial charge in [-0.15, -0.1) is 0 Å². The van der Waals surface area contributed by atoms with Crippen molar-refractivity contribution in [1.29, 1.82) is 0 Å². The zero-order valence-corrected chi connectivity index (χ0v) is 19.5. The summed E-state index contributed by atoms with van der Waals surface area (Å²) in [5, 5.41) is 21.6. The lowest BCUT2D eigenvalue weighted by atomic mass is 9.44. The average molecular weight is 469 g/mol. The number of fused-ring (bicyclic) bond motifs is 5. The fraction of sp³-hybridized carbons (Fsp3) is 0.708. The van der Waals surface area contributed by atoms with E-state index in [9.17, 15) is 24.6 Å². The molecule has 0 bridgehead atoms. The molecule has 0 radical (unpaired) electrons. The predicted molar refractivity (Wildman–Crippen MR) is 114 cm³/mol. The summed E-state index contributed by atoms with van der Waals surface area (Å²) in [6, 6.07) is 0. The van der Waals surface area contributed by atoms with Crippen LogP contribution in [0, 0.1) is 28.6 Å². The number of esters is 1. The van der Waals surface area contributed by atoms with Crippen LogP contribution >= 0.6 is 11.6 Å². The highest BCUT2D eigenvalue weighted by Gasteiger charge is 2.77. The van der Waals surface area contributed by atoms with Gasteiger partial charge in [0.05, 0.1) is 11.1 Å². The summed E-state index contributed by atoms with van der Waals surface area (Å²) in [4.78, 5) is 37.1. The average Bonchev–Trinajstić information content (AvgIpc) is 2.94. The largest absolute Gasteiger partial charge is 0.478 e. The molecule has 3 fully saturated rings. The molecule has 32 heavy (non-hydrogen) atoms. The third-order valence-corrected chi connectivity index (χ3v) is 9.57. The monoisotopic (exact) mass is 468 g/mol. The Morgan fingerprint density at radius 1 is 1.31 bits per heavy atom. The van der Waals surface area contributed by atoms with Gasteiger partial charge in [0.1, 0.15) is 0 Å². The molecule has 3 saturated carbocycles. The number of alkyl halides is 1. The number of hydrogen-bond donors (Lipinski definition) is 2. The van der Waals surface area contributed by atoms with E-state index in [4.69, 9.17) is 16.3 Å². The highest BCUT2D eigenvalue weighted by molar-refractivity contribution is 6.45. The van der Waals surface area contributed by atoms with Crippen LogP contribution in [0.15, 0.2) is 22.8 Å². The number of allylic oxidation sites excluding steroid dienone is 4. The van der Waals surface area contributed by atoms with Crippen LogP contribution in [0.3, 0.4) is 0 Å². The summed E-state index contributed by atoms with van der Waals surface area (Å²) in [6.45, 7) is 6.68. The van der Waals surface area contributed by atoms with Gasteiger partial charge in [-0.3, -0.25) is 9.59 Å². The number of rotatable bonds is 3. The lowest BCUT2D eigenvalue weighted by Crippen LogP contribution is -2.70. The summed E-state index contributed by atoms with van der Waals surface area (Å²) in [5.41, 5.74) is -5.93. The number of carbonyl (C=O) groups excluding carboxylic acids is 2. The van der Waals surface area contributed by atoms with Gasteiger partial charge < -0.3 is 14.9 Å². The first-order chi connectivity index (χ1) is 14.8. The number of carboxylic acids is 1. The zero-order chi connectivity index (χ0) is 23.9. The van der Waals surface area contributed by atoms with Gasteiger partial charge in [-0.2, -0.15) is 0 Å². The van der Waals surface area contributed by atoms with Crippen LogP contribution in [0.4, 0.5) is 4.39 Å². The second kappa shape index (κ2) is 7.13. The van der Waals surface area contributed by atoms with Crippen LogP contribution in [0.5, 0.6) is 0 Å². The maximum absolute atomic E-state index is 17.2. The van der Waals surface area contributed by atoms with E-state index in [2.05, 4.69) is 0 Å². The van der Waals surface area contributed by atoms with Gasteiger partial charge in [-0.25, -0.2) is 9.18 Å². The minimum absolute atomic E-state index is 0.00237. The van der Waals surface area contributed by atoms with Crippen molar-refractivity contribution in [1.82, 2.24) is 0 Å². The van der Waals surface area contributed by atoms with Gasteiger partial charge in [0.2, 0.25) is 5.60 Å². The second-order valence-corrected chi connectivity index (χ2v) is 10.7. The summed E-state index contributed by atoms with van der Waals surface area (Å²) < 4.78 is 22.8. The first kappa shape index (κ1) is 23.4. The molecule has 0 aromatic rings. The van der Waals surface area contributed by atoms with Crippen LogP contribution in [0.2, 0.25) is 0 Å². The van der Waals surface area contributed by atoms with Crippen molar-refractivity contribution >= 4 is 29.3 Å². The van der Waals surface area contributed by atoms with Crippen molar-refractivity contribution in [3.8, 4) is 0 Å². The molecule has 0 heterocycles. The SMILES string of the molecule is CCC(=O)O[C@]1(C(=O)O)[C@H](C)C[C@H]2[C@@H]3CCC4=C(Cl)C(=O)C=C[C@]4(C)[C@@]3(F)[C@@H](O)C[C@@]21C. The third-order valence-electron chi connectivity index (χ3n) is 9.15. The molecule has 0 aromatic heterocycles. The summed E-state index contributed by atoms with van der Waals surface area (Å²) in [6.07, 6.45) is 2.14. The highest BCUT2D eigenvalue weighted by atomic mass is 35.5. The molecule has 0 amide bonds. The van der Waals surface area contributed by atoms with Crippen LogP contribution in [-0.2, 0) is 19.1 Å². The van der Waals surface area contributed by atoms with E-state index in [1.54, 1.807) is 27.7 Å². The molecule has 4 aliphatic carbocycles. The third kappa shape index (κ3) is 2.52. The summed E-state index contributed by atoms with van der Waals surface area (Å²) in [7, 11) is 0. The zero-order valence-electron chi connectivity index (χ0n) is 18.8. The first-order valence-electron chi connectivity index (χ1n) is 11.3. The molecule has 4 rings (SSSR count). The van der Waals surface area contributed by atoms with Crippen LogP contribution in [0.1, 0.15) is 59.8 Å². The Bertz CT molecular complexity index is 960. The minimum atomic E-state index is -2.13. The van der Waals surface area contributed by atoms with E-state index in [-0.39, 0.29) is 23.7 Å². The van der Waals surface area contributed by atoms with E-state index in [1.165, 1.54) is 12.2 Å². The van der Waals surface area contributed by atoms with Crippen molar-refractivity contribution < 1.29 is 33.7 Å². The normalized spacial score (nSPS) is 47.5. The number of aliphatic carboxylic acids is 1. The molecule has 176 valence electrons. The predicted octanol–water partition coefficient (Wildman–Crippen LogP) is 3.95. The molecule has 2 N–H and O–H groups in total.